The van der Waals surface area contributed by atoms with Crippen LogP contribution in [0.25, 0.3) is 11.0 Å². The average molecular weight is 320 g/mol. The molecule has 0 radical (unpaired) electrons. The highest BCUT2D eigenvalue weighted by Crippen LogP contribution is 2.27. The number of benzene rings is 1. The van der Waals surface area contributed by atoms with Gasteiger partial charge in [-0.05, 0) is 18.9 Å². The maximum atomic E-state index is 11.7. The fourth-order valence-corrected chi connectivity index (χ4v) is 2.35. The van der Waals surface area contributed by atoms with Crippen LogP contribution in [0.1, 0.15) is 31.7 Å². The lowest BCUT2D eigenvalue weighted by Gasteiger charge is -2.11. The number of nitrogens with two attached hydrogens (primary N) is 1. The molecule has 2 N–H and O–H groups in total. The topological polar surface area (TPSA) is 109 Å². The number of nitro groups is 1. The van der Waals surface area contributed by atoms with Gasteiger partial charge in [0.2, 0.25) is 0 Å². The summed E-state index contributed by atoms with van der Waals surface area (Å²) in [5, 5.41) is 11.6. The number of esters is 1. The van der Waals surface area contributed by atoms with Crippen molar-refractivity contribution in [3.8, 4) is 0 Å². The molecule has 2 aromatic rings. The van der Waals surface area contributed by atoms with Gasteiger partial charge >= 0.3 is 5.97 Å². The van der Waals surface area contributed by atoms with Gasteiger partial charge in [-0.1, -0.05) is 13.3 Å². The fraction of sp³-hybridized carbons (Fsp3) is 0.438. The molecule has 0 fully saturated rings. The maximum absolute atomic E-state index is 11.7. The molecule has 2 rings (SSSR count). The van der Waals surface area contributed by atoms with Crippen LogP contribution in [0, 0.1) is 10.1 Å². The predicted octanol–water partition coefficient (Wildman–Crippen LogP) is 2.94. The number of fused-ring (bicyclic) bond motifs is 1. The summed E-state index contributed by atoms with van der Waals surface area (Å²) in [4.78, 5) is 22.2. The zero-order chi connectivity index (χ0) is 16.8. The van der Waals surface area contributed by atoms with Crippen molar-refractivity contribution in [1.82, 2.24) is 0 Å². The summed E-state index contributed by atoms with van der Waals surface area (Å²) in [6.07, 6.45) is 3.61. The molecule has 1 unspecified atom stereocenters. The lowest BCUT2D eigenvalue weighted by molar-refractivity contribution is -0.384. The van der Waals surface area contributed by atoms with Gasteiger partial charge in [0, 0.05) is 29.1 Å². The van der Waals surface area contributed by atoms with Crippen molar-refractivity contribution in [2.24, 2.45) is 5.73 Å². The van der Waals surface area contributed by atoms with Gasteiger partial charge in [0.25, 0.3) is 5.69 Å². The van der Waals surface area contributed by atoms with Crippen molar-refractivity contribution >= 4 is 22.6 Å². The number of furan rings is 1. The van der Waals surface area contributed by atoms with Crippen molar-refractivity contribution in [2.45, 2.75) is 38.6 Å². The molecule has 1 heterocycles. The SMILES string of the molecule is CCCCOC(=O)CC(N)Cc1cc([N+](=O)[O-])cc2ccoc12. The molecule has 124 valence electrons. The summed E-state index contributed by atoms with van der Waals surface area (Å²) in [6.45, 7) is 2.40. The standard InChI is InChI=1S/C16H20N2O5/c1-2-3-5-22-15(19)10-13(17)7-12-9-14(18(20)21)8-11-4-6-23-16(11)12/h4,6,8-9,13H,2-3,5,7,10,17H2,1H3. The minimum atomic E-state index is -0.487. The van der Waals surface area contributed by atoms with E-state index in [1.807, 2.05) is 6.92 Å². The van der Waals surface area contributed by atoms with Crippen LogP contribution < -0.4 is 5.73 Å². The highest BCUT2D eigenvalue weighted by atomic mass is 16.6. The summed E-state index contributed by atoms with van der Waals surface area (Å²) < 4.78 is 10.4. The van der Waals surface area contributed by atoms with Crippen LogP contribution in [0.15, 0.2) is 28.9 Å². The van der Waals surface area contributed by atoms with Crippen LogP contribution in [-0.4, -0.2) is 23.5 Å². The number of carbonyl (C=O) groups excluding carboxylic acids is 1. The van der Waals surface area contributed by atoms with E-state index >= 15 is 0 Å². The molecule has 0 aliphatic heterocycles. The van der Waals surface area contributed by atoms with E-state index in [0.717, 1.165) is 12.8 Å². The molecule has 0 bridgehead atoms. The summed E-state index contributed by atoms with van der Waals surface area (Å²) in [5.74, 6) is -0.355. The van der Waals surface area contributed by atoms with Crippen molar-refractivity contribution in [1.29, 1.82) is 0 Å². The fourth-order valence-electron chi connectivity index (χ4n) is 2.35. The van der Waals surface area contributed by atoms with Crippen LogP contribution in [-0.2, 0) is 16.0 Å². The second-order valence-corrected chi connectivity index (χ2v) is 5.44. The third-order valence-electron chi connectivity index (χ3n) is 3.50. The lowest BCUT2D eigenvalue weighted by Crippen LogP contribution is -2.27. The number of hydrogen-bond donors (Lipinski definition) is 1. The monoisotopic (exact) mass is 320 g/mol. The van der Waals surface area contributed by atoms with Crippen molar-refractivity contribution in [3.63, 3.8) is 0 Å². The molecule has 0 saturated carbocycles. The molecular formula is C16H20N2O5. The van der Waals surface area contributed by atoms with Crippen LogP contribution in [0.4, 0.5) is 5.69 Å². The Balaban J connectivity index is 2.06. The van der Waals surface area contributed by atoms with Crippen LogP contribution in [0.3, 0.4) is 0 Å². The molecule has 0 aliphatic carbocycles. The lowest BCUT2D eigenvalue weighted by atomic mass is 10.0. The molecule has 0 amide bonds. The van der Waals surface area contributed by atoms with E-state index in [9.17, 15) is 14.9 Å². The second-order valence-electron chi connectivity index (χ2n) is 5.44. The number of ether oxygens (including phenoxy) is 1. The van der Waals surface area contributed by atoms with Gasteiger partial charge < -0.3 is 14.9 Å². The first-order chi connectivity index (χ1) is 11.0. The first-order valence-electron chi connectivity index (χ1n) is 7.57. The summed E-state index contributed by atoms with van der Waals surface area (Å²) in [5.41, 5.74) is 7.14. The number of hydrogen-bond acceptors (Lipinski definition) is 6. The van der Waals surface area contributed by atoms with E-state index in [0.29, 0.717) is 29.6 Å². The van der Waals surface area contributed by atoms with Gasteiger partial charge in [-0.3, -0.25) is 14.9 Å². The Morgan fingerprint density at radius 2 is 2.26 bits per heavy atom. The Morgan fingerprint density at radius 3 is 2.96 bits per heavy atom. The van der Waals surface area contributed by atoms with Crippen LogP contribution in [0.2, 0.25) is 0 Å². The smallest absolute Gasteiger partial charge is 0.307 e. The van der Waals surface area contributed by atoms with Gasteiger partial charge in [-0.15, -0.1) is 0 Å². The largest absolute Gasteiger partial charge is 0.466 e. The Labute approximate surface area is 133 Å². The second kappa shape index (κ2) is 7.73. The highest BCUT2D eigenvalue weighted by molar-refractivity contribution is 5.83. The van der Waals surface area contributed by atoms with Crippen molar-refractivity contribution in [2.75, 3.05) is 6.61 Å². The number of unbranched alkanes of at least 4 members (excludes halogenated alkanes) is 1. The molecule has 7 heteroatoms. The molecule has 0 spiro atoms. The molecule has 23 heavy (non-hydrogen) atoms. The number of non-ortho nitro benzene ring substituents is 1. The Morgan fingerprint density at radius 1 is 1.48 bits per heavy atom. The third-order valence-corrected chi connectivity index (χ3v) is 3.50. The highest BCUT2D eigenvalue weighted by Gasteiger charge is 2.18. The van der Waals surface area contributed by atoms with E-state index in [4.69, 9.17) is 14.9 Å². The zero-order valence-electron chi connectivity index (χ0n) is 13.0. The van der Waals surface area contributed by atoms with Gasteiger partial charge in [-0.25, -0.2) is 0 Å². The van der Waals surface area contributed by atoms with Gasteiger partial charge in [-0.2, -0.15) is 0 Å². The van der Waals surface area contributed by atoms with Gasteiger partial charge in [0.15, 0.2) is 0 Å². The maximum Gasteiger partial charge on any atom is 0.307 e. The van der Waals surface area contributed by atoms with Crippen LogP contribution in [0.5, 0.6) is 0 Å². The van der Waals surface area contributed by atoms with Gasteiger partial charge in [0.05, 0.1) is 24.2 Å². The minimum absolute atomic E-state index is 0.0216. The van der Waals surface area contributed by atoms with Gasteiger partial charge in [0.1, 0.15) is 5.58 Å². The number of nitrogens with zero attached hydrogens (tertiary/aromatic N) is 1. The van der Waals surface area contributed by atoms with E-state index in [-0.39, 0.29) is 18.1 Å². The third kappa shape index (κ3) is 4.53. The number of nitro benzene ring substituents is 1. The van der Waals surface area contributed by atoms with Crippen molar-refractivity contribution < 1.29 is 18.9 Å². The van der Waals surface area contributed by atoms with E-state index in [1.54, 1.807) is 6.07 Å². The van der Waals surface area contributed by atoms with E-state index < -0.39 is 11.0 Å². The molecule has 0 saturated heterocycles. The quantitative estimate of drug-likeness (QED) is 0.347. The Bertz CT molecular complexity index is 695. The summed E-state index contributed by atoms with van der Waals surface area (Å²) in [7, 11) is 0. The first-order valence-corrected chi connectivity index (χ1v) is 7.57. The molecule has 1 atom stereocenters. The molecule has 0 aliphatic rings. The Hall–Kier alpha value is -2.41. The molecule has 7 nitrogen and oxygen atoms in total. The predicted molar refractivity (Wildman–Crippen MR) is 85.0 cm³/mol. The first kappa shape index (κ1) is 17.0. The molecule has 1 aromatic heterocycles. The normalized spacial score (nSPS) is 12.3. The Kier molecular flexibility index (Phi) is 5.70. The van der Waals surface area contributed by atoms with Crippen molar-refractivity contribution in [3.05, 3.63) is 40.1 Å². The summed E-state index contributed by atoms with van der Waals surface area (Å²) >= 11 is 0. The minimum Gasteiger partial charge on any atom is -0.466 e. The average Bonchev–Trinajstić information content (AvgIpc) is 2.95. The number of carbonyl (C=O) groups is 1. The van der Waals surface area contributed by atoms with E-state index in [1.165, 1.54) is 18.4 Å². The van der Waals surface area contributed by atoms with E-state index in [2.05, 4.69) is 0 Å². The number of rotatable bonds is 8. The van der Waals surface area contributed by atoms with Crippen LogP contribution >= 0.6 is 0 Å². The summed E-state index contributed by atoms with van der Waals surface area (Å²) in [6, 6.07) is 4.07. The molecular weight excluding hydrogens is 300 g/mol. The zero-order valence-corrected chi connectivity index (χ0v) is 13.0. The molecule has 1 aromatic carbocycles.